The number of rotatable bonds is 5. The standard InChI is InChI=1S/C20H13F4N3O3/c21-16-10-13(29-20(22,23)24)3-1-4-14(16)12-5-6-17-15(9-12)19(27-30-17)28-11-18-25-7-2-8-26-18/h1-10,13H,11H2. The van der Waals surface area contributed by atoms with Crippen molar-refractivity contribution in [2.24, 2.45) is 0 Å². The van der Waals surface area contributed by atoms with Crippen LogP contribution in [0, 0.1) is 0 Å². The third-order valence-electron chi connectivity index (χ3n) is 4.11. The van der Waals surface area contributed by atoms with Crippen molar-refractivity contribution in [1.29, 1.82) is 0 Å². The molecule has 0 fully saturated rings. The van der Waals surface area contributed by atoms with Gasteiger partial charge in [-0.3, -0.25) is 4.74 Å². The lowest BCUT2D eigenvalue weighted by molar-refractivity contribution is -0.330. The number of aromatic nitrogens is 3. The lowest BCUT2D eigenvalue weighted by atomic mass is 10.0. The van der Waals surface area contributed by atoms with Gasteiger partial charge in [-0.1, -0.05) is 24.3 Å². The van der Waals surface area contributed by atoms with Gasteiger partial charge in [0.15, 0.2) is 11.4 Å². The van der Waals surface area contributed by atoms with Crippen molar-refractivity contribution in [2.75, 3.05) is 0 Å². The van der Waals surface area contributed by atoms with Gasteiger partial charge in [0.25, 0.3) is 5.88 Å². The second kappa shape index (κ2) is 8.07. The van der Waals surface area contributed by atoms with E-state index >= 15 is 0 Å². The molecule has 1 unspecified atom stereocenters. The molecule has 1 aliphatic carbocycles. The summed E-state index contributed by atoms with van der Waals surface area (Å²) in [4.78, 5) is 8.08. The number of halogens is 4. The predicted molar refractivity (Wildman–Crippen MR) is 97.6 cm³/mol. The molecule has 1 aliphatic rings. The van der Waals surface area contributed by atoms with Gasteiger partial charge in [-0.2, -0.15) is 0 Å². The summed E-state index contributed by atoms with van der Waals surface area (Å²) >= 11 is 0. The minimum Gasteiger partial charge on any atom is -0.467 e. The molecule has 0 aliphatic heterocycles. The van der Waals surface area contributed by atoms with Crippen LogP contribution in [0.2, 0.25) is 0 Å². The van der Waals surface area contributed by atoms with E-state index in [1.54, 1.807) is 36.7 Å². The molecular formula is C20H13F4N3O3. The molecule has 0 radical (unpaired) electrons. The quantitative estimate of drug-likeness (QED) is 0.548. The highest BCUT2D eigenvalue weighted by atomic mass is 19.4. The van der Waals surface area contributed by atoms with E-state index in [-0.39, 0.29) is 18.1 Å². The van der Waals surface area contributed by atoms with Crippen LogP contribution in [0.3, 0.4) is 0 Å². The number of benzene rings is 1. The van der Waals surface area contributed by atoms with Crippen LogP contribution in [0.25, 0.3) is 16.5 Å². The van der Waals surface area contributed by atoms with Gasteiger partial charge in [-0.25, -0.2) is 14.4 Å². The molecule has 10 heteroatoms. The molecule has 0 spiro atoms. The summed E-state index contributed by atoms with van der Waals surface area (Å²) in [6.45, 7) is 0.0445. The number of fused-ring (bicyclic) bond motifs is 1. The van der Waals surface area contributed by atoms with Gasteiger partial charge in [-0.15, -0.1) is 13.2 Å². The molecule has 0 amide bonds. The summed E-state index contributed by atoms with van der Waals surface area (Å²) in [5.74, 6) is -0.261. The van der Waals surface area contributed by atoms with Gasteiger partial charge in [0.05, 0.1) is 5.39 Å². The number of alkyl halides is 3. The summed E-state index contributed by atoms with van der Waals surface area (Å²) < 4.78 is 66.6. The molecular weight excluding hydrogens is 406 g/mol. The summed E-state index contributed by atoms with van der Waals surface area (Å²) in [5.41, 5.74) is 0.882. The zero-order chi connectivity index (χ0) is 21.1. The Kier molecular flexibility index (Phi) is 5.32. The van der Waals surface area contributed by atoms with Crippen LogP contribution < -0.4 is 4.74 Å². The van der Waals surface area contributed by atoms with Gasteiger partial charge < -0.3 is 9.26 Å². The SMILES string of the molecule is FC1=CC(OC(F)(F)F)C=CC=C1c1ccc2onc(OCc3ncccn3)c2c1. The topological polar surface area (TPSA) is 70.3 Å². The smallest absolute Gasteiger partial charge is 0.467 e. The second-order valence-electron chi connectivity index (χ2n) is 6.16. The zero-order valence-electron chi connectivity index (χ0n) is 15.1. The Hall–Kier alpha value is -3.53. The minimum absolute atomic E-state index is 0.0445. The highest BCUT2D eigenvalue weighted by Crippen LogP contribution is 2.33. The third kappa shape index (κ3) is 4.54. The molecule has 1 aromatic carbocycles. The molecule has 1 atom stereocenters. The third-order valence-corrected chi connectivity index (χ3v) is 4.11. The van der Waals surface area contributed by atoms with E-state index < -0.39 is 18.3 Å². The summed E-state index contributed by atoms with van der Waals surface area (Å²) in [7, 11) is 0. The van der Waals surface area contributed by atoms with Crippen LogP contribution in [0.15, 0.2) is 71.3 Å². The van der Waals surface area contributed by atoms with Crippen LogP contribution in [-0.2, 0) is 11.3 Å². The average molecular weight is 419 g/mol. The molecule has 2 aromatic heterocycles. The summed E-state index contributed by atoms with van der Waals surface area (Å²) in [5, 5.41) is 4.31. The van der Waals surface area contributed by atoms with Crippen molar-refractivity contribution in [3.8, 4) is 5.88 Å². The number of hydrogen-bond donors (Lipinski definition) is 0. The van der Waals surface area contributed by atoms with Crippen LogP contribution in [0.1, 0.15) is 11.4 Å². The Morgan fingerprint density at radius 1 is 1.13 bits per heavy atom. The molecule has 0 bridgehead atoms. The normalized spacial score (nSPS) is 16.9. The van der Waals surface area contributed by atoms with Gasteiger partial charge in [0.1, 0.15) is 18.5 Å². The average Bonchev–Trinajstić information content (AvgIpc) is 3.02. The Balaban J connectivity index is 1.59. The first-order valence-electron chi connectivity index (χ1n) is 8.68. The maximum Gasteiger partial charge on any atom is 0.523 e. The van der Waals surface area contributed by atoms with Crippen molar-refractivity contribution in [2.45, 2.75) is 19.1 Å². The van der Waals surface area contributed by atoms with Crippen LogP contribution >= 0.6 is 0 Å². The van der Waals surface area contributed by atoms with E-state index in [2.05, 4.69) is 19.9 Å². The van der Waals surface area contributed by atoms with E-state index in [1.807, 2.05) is 0 Å². The molecule has 0 N–H and O–H groups in total. The van der Waals surface area contributed by atoms with Gasteiger partial charge in [-0.05, 0) is 35.0 Å². The number of ether oxygens (including phenoxy) is 2. The maximum atomic E-state index is 14.6. The number of hydrogen-bond acceptors (Lipinski definition) is 6. The fourth-order valence-electron chi connectivity index (χ4n) is 2.82. The monoisotopic (exact) mass is 419 g/mol. The Labute approximate surface area is 167 Å². The first-order valence-corrected chi connectivity index (χ1v) is 8.68. The Bertz CT molecular complexity index is 1140. The predicted octanol–water partition coefficient (Wildman–Crippen LogP) is 4.91. The van der Waals surface area contributed by atoms with Gasteiger partial charge >= 0.3 is 6.36 Å². The molecule has 0 saturated heterocycles. The van der Waals surface area contributed by atoms with Gasteiger partial charge in [0.2, 0.25) is 0 Å². The van der Waals surface area contributed by atoms with Crippen molar-refractivity contribution < 1.29 is 31.6 Å². The molecule has 4 rings (SSSR count). The molecule has 6 nitrogen and oxygen atoms in total. The second-order valence-corrected chi connectivity index (χ2v) is 6.16. The zero-order valence-corrected chi connectivity index (χ0v) is 15.1. The van der Waals surface area contributed by atoms with Crippen LogP contribution in [-0.4, -0.2) is 27.6 Å². The maximum absolute atomic E-state index is 14.6. The Morgan fingerprint density at radius 3 is 2.70 bits per heavy atom. The lowest BCUT2D eigenvalue weighted by Gasteiger charge is -2.12. The van der Waals surface area contributed by atoms with E-state index in [1.165, 1.54) is 12.2 Å². The van der Waals surface area contributed by atoms with Crippen molar-refractivity contribution in [1.82, 2.24) is 15.1 Å². The van der Waals surface area contributed by atoms with E-state index in [0.717, 1.165) is 12.2 Å². The molecule has 2 heterocycles. The van der Waals surface area contributed by atoms with E-state index in [9.17, 15) is 17.6 Å². The van der Waals surface area contributed by atoms with Crippen LogP contribution in [0.4, 0.5) is 17.6 Å². The Morgan fingerprint density at radius 2 is 1.93 bits per heavy atom. The molecule has 30 heavy (non-hydrogen) atoms. The lowest BCUT2D eigenvalue weighted by Crippen LogP contribution is -2.20. The highest BCUT2D eigenvalue weighted by molar-refractivity contribution is 5.89. The highest BCUT2D eigenvalue weighted by Gasteiger charge is 2.32. The van der Waals surface area contributed by atoms with Crippen LogP contribution in [0.5, 0.6) is 5.88 Å². The largest absolute Gasteiger partial charge is 0.523 e. The molecule has 154 valence electrons. The minimum atomic E-state index is -4.88. The van der Waals surface area contributed by atoms with Crippen molar-refractivity contribution in [3.05, 3.63) is 78.2 Å². The fraction of sp³-hybridized carbons (Fsp3) is 0.150. The van der Waals surface area contributed by atoms with Crippen molar-refractivity contribution in [3.63, 3.8) is 0 Å². The molecule has 3 aromatic rings. The fourth-order valence-corrected chi connectivity index (χ4v) is 2.82. The van der Waals surface area contributed by atoms with Gasteiger partial charge in [0, 0.05) is 18.0 Å². The summed E-state index contributed by atoms with van der Waals surface area (Å²) in [6.07, 6.45) is 1.21. The van der Waals surface area contributed by atoms with Crippen molar-refractivity contribution >= 4 is 16.5 Å². The number of nitrogens with zero attached hydrogens (tertiary/aromatic N) is 3. The first kappa shape index (κ1) is 19.8. The first-order chi connectivity index (χ1) is 14.4. The number of allylic oxidation sites excluding steroid dienone is 4. The van der Waals surface area contributed by atoms with E-state index in [4.69, 9.17) is 9.26 Å². The van der Waals surface area contributed by atoms with E-state index in [0.29, 0.717) is 22.4 Å². The molecule has 0 saturated carbocycles. The summed E-state index contributed by atoms with van der Waals surface area (Å²) in [6, 6.07) is 6.37.